The van der Waals surface area contributed by atoms with E-state index in [4.69, 9.17) is 0 Å². The average Bonchev–Trinajstić information content (AvgIpc) is 3.28. The minimum absolute atomic E-state index is 0.104. The molecule has 0 saturated carbocycles. The molecule has 0 saturated heterocycles. The molecule has 1 unspecified atom stereocenters. The molecule has 1 aromatic heterocycles. The third-order valence-corrected chi connectivity index (χ3v) is 9.13. The number of rotatable bonds is 7. The van der Waals surface area contributed by atoms with Crippen LogP contribution in [0.4, 0.5) is 10.7 Å². The minimum atomic E-state index is -0.322. The maximum absolute atomic E-state index is 13.2. The first-order valence-corrected chi connectivity index (χ1v) is 14.2. The average molecular weight is 526 g/mol. The van der Waals surface area contributed by atoms with Gasteiger partial charge < -0.3 is 10.6 Å². The van der Waals surface area contributed by atoms with Crippen molar-refractivity contribution < 1.29 is 9.59 Å². The lowest BCUT2D eigenvalue weighted by Gasteiger charge is -2.15. The van der Waals surface area contributed by atoms with Crippen LogP contribution >= 0.6 is 23.1 Å². The van der Waals surface area contributed by atoms with Crippen molar-refractivity contribution >= 4 is 56.4 Å². The molecule has 37 heavy (non-hydrogen) atoms. The van der Waals surface area contributed by atoms with Crippen molar-refractivity contribution in [1.29, 1.82) is 5.26 Å². The largest absolute Gasteiger partial charge is 0.322 e. The highest BCUT2D eigenvalue weighted by Gasteiger charge is 2.25. The van der Waals surface area contributed by atoms with Crippen LogP contribution < -0.4 is 10.6 Å². The molecule has 7 heteroatoms. The number of anilines is 2. The van der Waals surface area contributed by atoms with Crippen LogP contribution in [0, 0.1) is 11.3 Å². The predicted octanol–water partition coefficient (Wildman–Crippen LogP) is 7.41. The maximum atomic E-state index is 13.2. The summed E-state index contributed by atoms with van der Waals surface area (Å²) in [5.41, 5.74) is 3.02. The van der Waals surface area contributed by atoms with Crippen molar-refractivity contribution in [2.75, 3.05) is 10.6 Å². The number of nitrogens with one attached hydrogen (secondary N) is 2. The summed E-state index contributed by atoms with van der Waals surface area (Å²) >= 11 is 3.01. The predicted molar refractivity (Wildman–Crippen MR) is 153 cm³/mol. The lowest BCUT2D eigenvalue weighted by molar-refractivity contribution is -0.115. The Morgan fingerprint density at radius 3 is 2.62 bits per heavy atom. The van der Waals surface area contributed by atoms with Gasteiger partial charge in [0.15, 0.2) is 0 Å². The van der Waals surface area contributed by atoms with Crippen molar-refractivity contribution in [3.05, 3.63) is 88.3 Å². The number of nitriles is 1. The molecule has 3 aromatic carbocycles. The van der Waals surface area contributed by atoms with Gasteiger partial charge in [-0.3, -0.25) is 9.59 Å². The highest BCUT2D eigenvalue weighted by atomic mass is 32.2. The van der Waals surface area contributed by atoms with Crippen molar-refractivity contribution in [3.63, 3.8) is 0 Å². The van der Waals surface area contributed by atoms with Crippen LogP contribution in [0.5, 0.6) is 0 Å². The maximum Gasteiger partial charge on any atom is 0.255 e. The highest BCUT2D eigenvalue weighted by Crippen LogP contribution is 2.38. The third-order valence-electron chi connectivity index (χ3n) is 6.56. The van der Waals surface area contributed by atoms with E-state index in [1.54, 1.807) is 11.3 Å². The van der Waals surface area contributed by atoms with E-state index in [1.807, 2.05) is 73.7 Å². The number of carbonyl (C=O) groups excluding carboxylic acids is 2. The van der Waals surface area contributed by atoms with E-state index in [0.717, 1.165) is 46.9 Å². The van der Waals surface area contributed by atoms with E-state index < -0.39 is 0 Å². The lowest BCUT2D eigenvalue weighted by atomic mass is 9.96. The van der Waals surface area contributed by atoms with Gasteiger partial charge in [0.1, 0.15) is 11.1 Å². The first-order chi connectivity index (χ1) is 18.1. The number of hydrogen-bond donors (Lipinski definition) is 2. The molecule has 5 rings (SSSR count). The summed E-state index contributed by atoms with van der Waals surface area (Å²) in [6, 6.07) is 23.5. The van der Waals surface area contributed by atoms with Gasteiger partial charge in [-0.1, -0.05) is 43.3 Å². The van der Waals surface area contributed by atoms with Gasteiger partial charge in [-0.2, -0.15) is 5.26 Å². The molecule has 0 bridgehead atoms. The number of aryl methyl sites for hydroxylation is 1. The molecule has 5 nitrogen and oxygen atoms in total. The summed E-state index contributed by atoms with van der Waals surface area (Å²) in [4.78, 5) is 28.2. The van der Waals surface area contributed by atoms with Crippen molar-refractivity contribution in [3.8, 4) is 6.07 Å². The summed E-state index contributed by atoms with van der Waals surface area (Å²) in [7, 11) is 0. The summed E-state index contributed by atoms with van der Waals surface area (Å²) in [6.07, 6.45) is 4.75. The quantitative estimate of drug-likeness (QED) is 0.246. The van der Waals surface area contributed by atoms with Crippen molar-refractivity contribution in [1.82, 2.24) is 0 Å². The summed E-state index contributed by atoms with van der Waals surface area (Å²) in [5, 5.41) is 18.2. The monoisotopic (exact) mass is 525 g/mol. The Kier molecular flexibility index (Phi) is 7.59. The lowest BCUT2D eigenvalue weighted by Crippen LogP contribution is -2.24. The molecule has 2 amide bonds. The number of nitrogens with zero attached hydrogens (tertiary/aromatic N) is 1. The molecular weight excluding hydrogens is 498 g/mol. The van der Waals surface area contributed by atoms with Crippen LogP contribution in [0.15, 0.2) is 71.6 Å². The topological polar surface area (TPSA) is 82.0 Å². The number of fused-ring (bicyclic) bond motifs is 2. The first-order valence-electron chi connectivity index (χ1n) is 12.5. The second kappa shape index (κ2) is 11.2. The Labute approximate surface area is 224 Å². The molecule has 1 aliphatic carbocycles. The van der Waals surface area contributed by atoms with E-state index in [2.05, 4.69) is 16.7 Å². The summed E-state index contributed by atoms with van der Waals surface area (Å²) in [5.74, 6) is -0.281. The first kappa shape index (κ1) is 25.1. The SMILES string of the molecule is CCC(Sc1cccc(NC(=O)c2ccc3ccccc3c2)c1)C(=O)Nc1sc2c(c1C#N)CCCC2. The van der Waals surface area contributed by atoms with Gasteiger partial charge in [-0.05, 0) is 78.8 Å². The zero-order valence-electron chi connectivity index (χ0n) is 20.5. The number of carbonyl (C=O) groups is 2. The third kappa shape index (κ3) is 5.56. The number of thiophene rings is 1. The Bertz CT molecular complexity index is 1520. The van der Waals surface area contributed by atoms with E-state index in [-0.39, 0.29) is 17.1 Å². The molecule has 186 valence electrons. The van der Waals surface area contributed by atoms with E-state index >= 15 is 0 Å². The van der Waals surface area contributed by atoms with Crippen LogP contribution in [0.3, 0.4) is 0 Å². The second-order valence-corrected chi connectivity index (χ2v) is 11.5. The molecule has 2 N–H and O–H groups in total. The Balaban J connectivity index is 1.27. The molecule has 4 aromatic rings. The fraction of sp³-hybridized carbons (Fsp3) is 0.233. The smallest absolute Gasteiger partial charge is 0.255 e. The fourth-order valence-electron chi connectivity index (χ4n) is 4.63. The van der Waals surface area contributed by atoms with Gasteiger partial charge in [0, 0.05) is 21.0 Å². The zero-order chi connectivity index (χ0) is 25.8. The normalized spacial score (nSPS) is 13.4. The van der Waals surface area contributed by atoms with Gasteiger partial charge in [0.25, 0.3) is 5.91 Å². The standard InChI is InChI=1S/C30H27N3O2S2/c1-2-26(29(35)33-30-25(18-31)24-12-5-6-13-27(24)37-30)36-23-11-7-10-22(17-23)32-28(34)21-15-14-19-8-3-4-9-20(19)16-21/h3-4,7-11,14-17,26H,2,5-6,12-13H2,1H3,(H,32,34)(H,33,35). The van der Waals surface area contributed by atoms with Crippen LogP contribution in [0.2, 0.25) is 0 Å². The van der Waals surface area contributed by atoms with Crippen LogP contribution in [0.25, 0.3) is 10.8 Å². The summed E-state index contributed by atoms with van der Waals surface area (Å²) < 4.78 is 0. The van der Waals surface area contributed by atoms with Crippen LogP contribution in [0.1, 0.15) is 52.5 Å². The molecule has 0 fully saturated rings. The Hall–Kier alpha value is -3.60. The van der Waals surface area contributed by atoms with E-state index in [0.29, 0.717) is 28.2 Å². The number of benzene rings is 3. The Morgan fingerprint density at radius 1 is 1.00 bits per heavy atom. The highest BCUT2D eigenvalue weighted by molar-refractivity contribution is 8.00. The summed E-state index contributed by atoms with van der Waals surface area (Å²) in [6.45, 7) is 1.98. The van der Waals surface area contributed by atoms with E-state index in [9.17, 15) is 14.9 Å². The molecule has 1 atom stereocenters. The van der Waals surface area contributed by atoms with E-state index in [1.165, 1.54) is 16.6 Å². The molecule has 0 spiro atoms. The number of thioether (sulfide) groups is 1. The van der Waals surface area contributed by atoms with Crippen LogP contribution in [-0.4, -0.2) is 17.1 Å². The molecule has 1 aliphatic rings. The number of amides is 2. The van der Waals surface area contributed by atoms with Crippen molar-refractivity contribution in [2.45, 2.75) is 49.2 Å². The minimum Gasteiger partial charge on any atom is -0.322 e. The fourth-order valence-corrected chi connectivity index (χ4v) is 6.89. The van der Waals surface area contributed by atoms with Gasteiger partial charge >= 0.3 is 0 Å². The number of hydrogen-bond acceptors (Lipinski definition) is 5. The molecule has 0 aliphatic heterocycles. The van der Waals surface area contributed by atoms with Gasteiger partial charge in [0.05, 0.1) is 10.8 Å². The van der Waals surface area contributed by atoms with Crippen molar-refractivity contribution in [2.24, 2.45) is 0 Å². The molecule has 1 heterocycles. The molecule has 0 radical (unpaired) electrons. The Morgan fingerprint density at radius 2 is 1.81 bits per heavy atom. The van der Waals surface area contributed by atoms with Gasteiger partial charge in [-0.25, -0.2) is 0 Å². The zero-order valence-corrected chi connectivity index (χ0v) is 22.2. The van der Waals surface area contributed by atoms with Gasteiger partial charge in [0.2, 0.25) is 5.91 Å². The second-order valence-electron chi connectivity index (χ2n) is 9.07. The van der Waals surface area contributed by atoms with Crippen LogP contribution in [-0.2, 0) is 17.6 Å². The van der Waals surface area contributed by atoms with Gasteiger partial charge in [-0.15, -0.1) is 23.1 Å². The molecular formula is C30H27N3O2S2.